The zero-order valence-corrected chi connectivity index (χ0v) is 11.8. The summed E-state index contributed by atoms with van der Waals surface area (Å²) in [7, 11) is 3.68. The second-order valence-corrected chi connectivity index (χ2v) is 4.27. The molecule has 20 heavy (non-hydrogen) atoms. The van der Waals surface area contributed by atoms with Crippen molar-refractivity contribution in [2.45, 2.75) is 6.92 Å². The van der Waals surface area contributed by atoms with E-state index in [0.29, 0.717) is 18.5 Å². The summed E-state index contributed by atoms with van der Waals surface area (Å²) in [6, 6.07) is 7.58. The van der Waals surface area contributed by atoms with Gasteiger partial charge < -0.3 is 20.7 Å². The number of aromatic nitrogens is 3. The van der Waals surface area contributed by atoms with E-state index in [2.05, 4.69) is 20.3 Å². The zero-order valence-electron chi connectivity index (χ0n) is 11.8. The zero-order chi connectivity index (χ0) is 14.5. The van der Waals surface area contributed by atoms with Gasteiger partial charge in [0, 0.05) is 14.1 Å². The molecule has 2 aromatic rings. The van der Waals surface area contributed by atoms with Crippen molar-refractivity contribution in [3.8, 4) is 5.75 Å². The Bertz CT molecular complexity index is 587. The van der Waals surface area contributed by atoms with Crippen LogP contribution in [0, 0.1) is 0 Å². The molecule has 7 nitrogen and oxygen atoms in total. The maximum Gasteiger partial charge on any atom is 0.233 e. The number of benzene rings is 1. The van der Waals surface area contributed by atoms with Crippen molar-refractivity contribution in [3.05, 3.63) is 24.3 Å². The molecule has 3 N–H and O–H groups in total. The minimum atomic E-state index is 0.167. The SMILES string of the molecule is CCOc1ccccc1Nc1nc(N)nc(N(C)C)n1. The van der Waals surface area contributed by atoms with Crippen LogP contribution in [0.1, 0.15) is 6.92 Å². The lowest BCUT2D eigenvalue weighted by atomic mass is 10.3. The maximum atomic E-state index is 5.69. The number of hydrogen-bond acceptors (Lipinski definition) is 7. The first-order valence-electron chi connectivity index (χ1n) is 6.28. The van der Waals surface area contributed by atoms with Crippen LogP contribution in [0.4, 0.5) is 23.5 Å². The Kier molecular flexibility index (Phi) is 4.19. The van der Waals surface area contributed by atoms with Crippen molar-refractivity contribution in [2.75, 3.05) is 36.7 Å². The molecule has 1 heterocycles. The van der Waals surface area contributed by atoms with Gasteiger partial charge in [0.25, 0.3) is 0 Å². The summed E-state index contributed by atoms with van der Waals surface area (Å²) in [6.07, 6.45) is 0. The molecule has 0 saturated carbocycles. The Labute approximate surface area is 117 Å². The van der Waals surface area contributed by atoms with Crippen LogP contribution < -0.4 is 20.7 Å². The van der Waals surface area contributed by atoms with Crippen molar-refractivity contribution in [3.63, 3.8) is 0 Å². The third-order valence-electron chi connectivity index (χ3n) is 2.47. The fourth-order valence-electron chi connectivity index (χ4n) is 1.61. The van der Waals surface area contributed by atoms with E-state index in [1.807, 2.05) is 45.3 Å². The van der Waals surface area contributed by atoms with Crippen LogP contribution in [-0.4, -0.2) is 35.7 Å². The van der Waals surface area contributed by atoms with E-state index in [0.717, 1.165) is 11.4 Å². The van der Waals surface area contributed by atoms with Gasteiger partial charge in [0.1, 0.15) is 5.75 Å². The predicted octanol–water partition coefficient (Wildman–Crippen LogP) is 1.66. The molecule has 0 saturated heterocycles. The smallest absolute Gasteiger partial charge is 0.233 e. The number of nitrogen functional groups attached to an aromatic ring is 1. The second kappa shape index (κ2) is 6.05. The number of anilines is 4. The third kappa shape index (κ3) is 3.25. The molecular weight excluding hydrogens is 256 g/mol. The summed E-state index contributed by atoms with van der Waals surface area (Å²) in [5.41, 5.74) is 6.47. The first kappa shape index (κ1) is 13.9. The van der Waals surface area contributed by atoms with E-state index >= 15 is 0 Å². The van der Waals surface area contributed by atoms with E-state index < -0.39 is 0 Å². The van der Waals surface area contributed by atoms with Crippen LogP contribution >= 0.6 is 0 Å². The number of nitrogens with zero attached hydrogens (tertiary/aromatic N) is 4. The first-order valence-corrected chi connectivity index (χ1v) is 6.28. The van der Waals surface area contributed by atoms with E-state index in [9.17, 15) is 0 Å². The summed E-state index contributed by atoms with van der Waals surface area (Å²) in [6.45, 7) is 2.52. The average Bonchev–Trinajstić information content (AvgIpc) is 2.40. The van der Waals surface area contributed by atoms with Gasteiger partial charge in [-0.1, -0.05) is 12.1 Å². The monoisotopic (exact) mass is 274 g/mol. The highest BCUT2D eigenvalue weighted by Gasteiger charge is 2.08. The van der Waals surface area contributed by atoms with Crippen LogP contribution in [0.2, 0.25) is 0 Å². The molecule has 7 heteroatoms. The fourth-order valence-corrected chi connectivity index (χ4v) is 1.61. The number of nitrogens with two attached hydrogens (primary N) is 1. The van der Waals surface area contributed by atoms with Gasteiger partial charge in [-0.25, -0.2) is 0 Å². The molecule has 0 spiro atoms. The molecule has 0 radical (unpaired) electrons. The fraction of sp³-hybridized carbons (Fsp3) is 0.308. The van der Waals surface area contributed by atoms with Gasteiger partial charge in [0.15, 0.2) is 0 Å². The normalized spacial score (nSPS) is 10.2. The molecule has 106 valence electrons. The van der Waals surface area contributed by atoms with Crippen LogP contribution in [-0.2, 0) is 0 Å². The molecule has 1 aromatic heterocycles. The molecule has 0 fully saturated rings. The lowest BCUT2D eigenvalue weighted by Crippen LogP contribution is -2.15. The molecule has 0 aliphatic carbocycles. The average molecular weight is 274 g/mol. The van der Waals surface area contributed by atoms with Gasteiger partial charge in [-0.3, -0.25) is 0 Å². The van der Waals surface area contributed by atoms with Gasteiger partial charge >= 0.3 is 0 Å². The standard InChI is InChI=1S/C13H18N6O/c1-4-20-10-8-6-5-7-9(10)15-12-16-11(14)17-13(18-12)19(2)3/h5-8H,4H2,1-3H3,(H3,14,15,16,17,18). The van der Waals surface area contributed by atoms with Crippen molar-refractivity contribution in [1.29, 1.82) is 0 Å². The first-order chi connectivity index (χ1) is 9.60. The summed E-state index contributed by atoms with van der Waals surface area (Å²) in [4.78, 5) is 14.2. The lowest BCUT2D eigenvalue weighted by molar-refractivity contribution is 0.342. The topological polar surface area (TPSA) is 89.2 Å². The lowest BCUT2D eigenvalue weighted by Gasteiger charge is -2.14. The van der Waals surface area contributed by atoms with Crippen molar-refractivity contribution in [2.24, 2.45) is 0 Å². The number of para-hydroxylation sites is 2. The Balaban J connectivity index is 2.30. The van der Waals surface area contributed by atoms with E-state index in [1.54, 1.807) is 4.90 Å². The second-order valence-electron chi connectivity index (χ2n) is 4.27. The predicted molar refractivity (Wildman–Crippen MR) is 79.5 cm³/mol. The minimum absolute atomic E-state index is 0.167. The van der Waals surface area contributed by atoms with E-state index in [4.69, 9.17) is 10.5 Å². The molecule has 0 bridgehead atoms. The van der Waals surface area contributed by atoms with Crippen LogP contribution in [0.5, 0.6) is 5.75 Å². The summed E-state index contributed by atoms with van der Waals surface area (Å²) in [5.74, 6) is 1.78. The highest BCUT2D eigenvalue weighted by molar-refractivity contribution is 5.63. The van der Waals surface area contributed by atoms with Crippen LogP contribution in [0.25, 0.3) is 0 Å². The van der Waals surface area contributed by atoms with Crippen LogP contribution in [0.15, 0.2) is 24.3 Å². The molecule has 2 rings (SSSR count). The molecule has 0 amide bonds. The molecule has 1 aromatic carbocycles. The quantitative estimate of drug-likeness (QED) is 0.857. The Morgan fingerprint density at radius 1 is 1.20 bits per heavy atom. The Morgan fingerprint density at radius 2 is 1.95 bits per heavy atom. The van der Waals surface area contributed by atoms with Gasteiger partial charge in [-0.15, -0.1) is 0 Å². The third-order valence-corrected chi connectivity index (χ3v) is 2.47. The maximum absolute atomic E-state index is 5.69. The summed E-state index contributed by atoms with van der Waals surface area (Å²) < 4.78 is 5.54. The largest absolute Gasteiger partial charge is 0.492 e. The van der Waals surface area contributed by atoms with Crippen molar-refractivity contribution >= 4 is 23.5 Å². The highest BCUT2D eigenvalue weighted by atomic mass is 16.5. The van der Waals surface area contributed by atoms with Gasteiger partial charge in [-0.05, 0) is 19.1 Å². The van der Waals surface area contributed by atoms with Gasteiger partial charge in [0.05, 0.1) is 12.3 Å². The van der Waals surface area contributed by atoms with Crippen LogP contribution in [0.3, 0.4) is 0 Å². The molecule has 0 atom stereocenters. The molecule has 0 aliphatic rings. The number of hydrogen-bond donors (Lipinski definition) is 2. The Morgan fingerprint density at radius 3 is 2.65 bits per heavy atom. The molecule has 0 aliphatic heterocycles. The Hall–Kier alpha value is -2.57. The van der Waals surface area contributed by atoms with Gasteiger partial charge in [0.2, 0.25) is 17.8 Å². The van der Waals surface area contributed by atoms with E-state index in [1.165, 1.54) is 0 Å². The van der Waals surface area contributed by atoms with Crippen molar-refractivity contribution < 1.29 is 4.74 Å². The van der Waals surface area contributed by atoms with Crippen molar-refractivity contribution in [1.82, 2.24) is 15.0 Å². The number of ether oxygens (including phenoxy) is 1. The minimum Gasteiger partial charge on any atom is -0.492 e. The number of rotatable bonds is 5. The molecular formula is C13H18N6O. The summed E-state index contributed by atoms with van der Waals surface area (Å²) >= 11 is 0. The highest BCUT2D eigenvalue weighted by Crippen LogP contribution is 2.26. The summed E-state index contributed by atoms with van der Waals surface area (Å²) in [5, 5.41) is 3.10. The molecule has 0 unspecified atom stereocenters. The van der Waals surface area contributed by atoms with Gasteiger partial charge in [-0.2, -0.15) is 15.0 Å². The van der Waals surface area contributed by atoms with E-state index in [-0.39, 0.29) is 5.95 Å². The number of nitrogens with one attached hydrogen (secondary N) is 1.